The number of hydrogen-bond acceptors (Lipinski definition) is 4. The number of allylic oxidation sites excluding steroid dienone is 1. The number of rotatable bonds is 6. The lowest BCUT2D eigenvalue weighted by molar-refractivity contribution is -0.144. The molecule has 148 valence electrons. The molecular weight excluding hydrogens is 346 g/mol. The van der Waals surface area contributed by atoms with Gasteiger partial charge in [-0.1, -0.05) is 37.3 Å². The smallest absolute Gasteiger partial charge is 0.334 e. The summed E-state index contributed by atoms with van der Waals surface area (Å²) in [6.07, 6.45) is 13.4. The first-order valence-corrected chi connectivity index (χ1v) is 10.2. The molecular formula is C20H29N3O4. The van der Waals surface area contributed by atoms with Crippen LogP contribution in [0, 0.1) is 0 Å². The second kappa shape index (κ2) is 9.15. The van der Waals surface area contributed by atoms with E-state index in [-0.39, 0.29) is 25.0 Å². The van der Waals surface area contributed by atoms with Gasteiger partial charge in [0.1, 0.15) is 6.54 Å². The van der Waals surface area contributed by atoms with Gasteiger partial charge in [0, 0.05) is 12.6 Å². The van der Waals surface area contributed by atoms with Gasteiger partial charge in [-0.05, 0) is 44.9 Å². The minimum absolute atomic E-state index is 0.0952. The highest BCUT2D eigenvalue weighted by molar-refractivity contribution is 6.45. The topological polar surface area (TPSA) is 86.8 Å². The van der Waals surface area contributed by atoms with Crippen LogP contribution >= 0.6 is 0 Å². The van der Waals surface area contributed by atoms with Gasteiger partial charge in [-0.15, -0.1) is 0 Å². The van der Waals surface area contributed by atoms with E-state index in [4.69, 9.17) is 0 Å². The number of imide groups is 2. The van der Waals surface area contributed by atoms with Gasteiger partial charge in [0.2, 0.25) is 5.91 Å². The summed E-state index contributed by atoms with van der Waals surface area (Å²) in [5.41, 5.74) is 1.24. The van der Waals surface area contributed by atoms with Crippen molar-refractivity contribution >= 4 is 23.8 Å². The molecule has 7 nitrogen and oxygen atoms in total. The van der Waals surface area contributed by atoms with Crippen LogP contribution < -0.4 is 5.32 Å². The van der Waals surface area contributed by atoms with E-state index in [2.05, 4.69) is 11.4 Å². The first kappa shape index (κ1) is 19.6. The highest BCUT2D eigenvalue weighted by Crippen LogP contribution is 2.22. The minimum atomic E-state index is -0.895. The van der Waals surface area contributed by atoms with Crippen LogP contribution in [-0.2, 0) is 14.4 Å². The van der Waals surface area contributed by atoms with Crippen molar-refractivity contribution in [3.63, 3.8) is 0 Å². The standard InChI is InChI=1S/C20H29N3O4/c24-17(21-16-10-6-1-2-7-11-16)14-23-19(26)18(25)22(20(23)27)13-12-15-8-4-3-5-9-15/h8,16H,1-7,9-14H2,(H,21,24). The van der Waals surface area contributed by atoms with Crippen LogP contribution in [0.1, 0.15) is 70.6 Å². The molecule has 1 saturated carbocycles. The molecule has 0 radical (unpaired) electrons. The molecule has 1 N–H and O–H groups in total. The second-order valence-electron chi connectivity index (χ2n) is 7.74. The fourth-order valence-corrected chi connectivity index (χ4v) is 4.11. The molecule has 1 saturated heterocycles. The maximum Gasteiger partial charge on any atom is 0.334 e. The van der Waals surface area contributed by atoms with Crippen LogP contribution in [0.25, 0.3) is 0 Å². The molecule has 3 rings (SSSR count). The number of carbonyl (C=O) groups is 4. The summed E-state index contributed by atoms with van der Waals surface area (Å²) in [4.78, 5) is 50.9. The van der Waals surface area contributed by atoms with Crippen molar-refractivity contribution in [3.05, 3.63) is 11.6 Å². The summed E-state index contributed by atoms with van der Waals surface area (Å²) in [5.74, 6) is -2.08. The van der Waals surface area contributed by atoms with Crippen molar-refractivity contribution in [3.8, 4) is 0 Å². The van der Waals surface area contributed by atoms with Gasteiger partial charge in [0.15, 0.2) is 0 Å². The molecule has 2 aliphatic carbocycles. The molecule has 0 aromatic carbocycles. The zero-order valence-electron chi connectivity index (χ0n) is 15.9. The normalized spacial score (nSPS) is 22.1. The molecule has 5 amide bonds. The van der Waals surface area contributed by atoms with Crippen molar-refractivity contribution < 1.29 is 19.2 Å². The number of nitrogens with zero attached hydrogens (tertiary/aromatic N) is 2. The third kappa shape index (κ3) is 4.96. The zero-order valence-corrected chi connectivity index (χ0v) is 15.9. The van der Waals surface area contributed by atoms with Gasteiger partial charge in [0.05, 0.1) is 0 Å². The molecule has 0 bridgehead atoms. The molecule has 2 fully saturated rings. The largest absolute Gasteiger partial charge is 0.352 e. The zero-order chi connectivity index (χ0) is 19.2. The summed E-state index contributed by atoms with van der Waals surface area (Å²) in [6.45, 7) is -0.172. The van der Waals surface area contributed by atoms with E-state index in [9.17, 15) is 19.2 Å². The van der Waals surface area contributed by atoms with Crippen LogP contribution in [-0.4, -0.2) is 52.7 Å². The van der Waals surface area contributed by atoms with Gasteiger partial charge in [-0.2, -0.15) is 0 Å². The van der Waals surface area contributed by atoms with Crippen molar-refractivity contribution in [2.24, 2.45) is 0 Å². The maximum atomic E-state index is 12.5. The Labute approximate surface area is 160 Å². The predicted molar refractivity (Wildman–Crippen MR) is 99.6 cm³/mol. The maximum absolute atomic E-state index is 12.5. The Hall–Kier alpha value is -2.18. The van der Waals surface area contributed by atoms with Gasteiger partial charge in [-0.3, -0.25) is 19.3 Å². The quantitative estimate of drug-likeness (QED) is 0.334. The Morgan fingerprint density at radius 2 is 1.67 bits per heavy atom. The minimum Gasteiger partial charge on any atom is -0.352 e. The average Bonchev–Trinajstić information content (AvgIpc) is 2.86. The summed E-state index contributed by atoms with van der Waals surface area (Å²) in [5, 5.41) is 2.92. The fourth-order valence-electron chi connectivity index (χ4n) is 4.11. The highest BCUT2D eigenvalue weighted by atomic mass is 16.2. The molecule has 7 heteroatoms. The van der Waals surface area contributed by atoms with E-state index < -0.39 is 17.8 Å². The molecule has 27 heavy (non-hydrogen) atoms. The Kier molecular flexibility index (Phi) is 6.63. The van der Waals surface area contributed by atoms with E-state index in [1.54, 1.807) is 0 Å². The molecule has 0 spiro atoms. The first-order valence-electron chi connectivity index (χ1n) is 10.2. The van der Waals surface area contributed by atoms with Crippen LogP contribution in [0.4, 0.5) is 4.79 Å². The monoisotopic (exact) mass is 375 g/mol. The SMILES string of the molecule is O=C(CN1C(=O)C(=O)N(CCC2=CCCCC2)C1=O)NC1CCCCCC1. The van der Waals surface area contributed by atoms with Gasteiger partial charge >= 0.3 is 17.8 Å². The van der Waals surface area contributed by atoms with Gasteiger partial charge < -0.3 is 5.32 Å². The van der Waals surface area contributed by atoms with E-state index in [0.717, 1.165) is 54.7 Å². The molecule has 1 aliphatic heterocycles. The lowest BCUT2D eigenvalue weighted by atomic mass is 9.97. The average molecular weight is 375 g/mol. The van der Waals surface area contributed by atoms with Crippen LogP contribution in [0.5, 0.6) is 0 Å². The van der Waals surface area contributed by atoms with Crippen LogP contribution in [0.15, 0.2) is 11.6 Å². The van der Waals surface area contributed by atoms with Crippen molar-refractivity contribution in [2.75, 3.05) is 13.1 Å². The van der Waals surface area contributed by atoms with Gasteiger partial charge in [-0.25, -0.2) is 9.69 Å². The number of carbonyl (C=O) groups excluding carboxylic acids is 4. The third-order valence-corrected chi connectivity index (χ3v) is 5.70. The molecule has 0 atom stereocenters. The molecule has 0 unspecified atom stereocenters. The van der Waals surface area contributed by atoms with Crippen molar-refractivity contribution in [1.29, 1.82) is 0 Å². The van der Waals surface area contributed by atoms with E-state index >= 15 is 0 Å². The lowest BCUT2D eigenvalue weighted by Gasteiger charge is -2.19. The molecule has 1 heterocycles. The van der Waals surface area contributed by atoms with E-state index in [1.165, 1.54) is 24.8 Å². The molecule has 0 aromatic heterocycles. The molecule has 3 aliphatic rings. The lowest BCUT2D eigenvalue weighted by Crippen LogP contribution is -2.44. The van der Waals surface area contributed by atoms with Gasteiger partial charge in [0.25, 0.3) is 0 Å². The van der Waals surface area contributed by atoms with E-state index in [1.807, 2.05) is 0 Å². The Morgan fingerprint density at radius 1 is 0.963 bits per heavy atom. The Morgan fingerprint density at radius 3 is 2.33 bits per heavy atom. The van der Waals surface area contributed by atoms with E-state index in [0.29, 0.717) is 6.42 Å². The predicted octanol–water partition coefficient (Wildman–Crippen LogP) is 2.51. The fraction of sp³-hybridized carbons (Fsp3) is 0.700. The van der Waals surface area contributed by atoms with Crippen molar-refractivity contribution in [2.45, 2.75) is 76.7 Å². The third-order valence-electron chi connectivity index (χ3n) is 5.70. The van der Waals surface area contributed by atoms with Crippen LogP contribution in [0.2, 0.25) is 0 Å². The second-order valence-corrected chi connectivity index (χ2v) is 7.74. The van der Waals surface area contributed by atoms with Crippen LogP contribution in [0.3, 0.4) is 0 Å². The first-order chi connectivity index (χ1) is 13.1. The molecule has 0 aromatic rings. The Bertz CT molecular complexity index is 635. The Balaban J connectivity index is 1.53. The number of hydrogen-bond donors (Lipinski definition) is 1. The highest BCUT2D eigenvalue weighted by Gasteiger charge is 2.45. The van der Waals surface area contributed by atoms with Crippen molar-refractivity contribution in [1.82, 2.24) is 15.1 Å². The number of urea groups is 1. The number of nitrogens with one attached hydrogen (secondary N) is 1. The summed E-state index contributed by atoms with van der Waals surface area (Å²) < 4.78 is 0. The summed E-state index contributed by atoms with van der Waals surface area (Å²) >= 11 is 0. The summed E-state index contributed by atoms with van der Waals surface area (Å²) in [7, 11) is 0. The number of amides is 5. The summed E-state index contributed by atoms with van der Waals surface area (Å²) in [6, 6.07) is -0.574.